The summed E-state index contributed by atoms with van der Waals surface area (Å²) < 4.78 is 0. The van der Waals surface area contributed by atoms with Gasteiger partial charge >= 0.3 is 5.97 Å². The van der Waals surface area contributed by atoms with Gasteiger partial charge in [-0.3, -0.25) is 5.41 Å². The zero-order chi connectivity index (χ0) is 10.8. The summed E-state index contributed by atoms with van der Waals surface area (Å²) in [6, 6.07) is 9.31. The van der Waals surface area contributed by atoms with Gasteiger partial charge in [0.15, 0.2) is 0 Å². The van der Waals surface area contributed by atoms with Crippen LogP contribution in [0.4, 0.5) is 0 Å². The monoisotopic (exact) mass is 189 g/mol. The van der Waals surface area contributed by atoms with Crippen LogP contribution in [0.1, 0.15) is 5.56 Å². The van der Waals surface area contributed by atoms with Crippen LogP contribution in [0.5, 0.6) is 0 Å². The highest BCUT2D eigenvalue weighted by Crippen LogP contribution is 1.99. The third kappa shape index (κ3) is 6.58. The Morgan fingerprint density at radius 3 is 2.36 bits per heavy atom. The zero-order valence-electron chi connectivity index (χ0n) is 7.60. The maximum absolute atomic E-state index is 10.1. The van der Waals surface area contributed by atoms with Crippen molar-refractivity contribution in [2.24, 2.45) is 0 Å². The van der Waals surface area contributed by atoms with Crippen molar-refractivity contribution >= 4 is 17.9 Å². The summed E-state index contributed by atoms with van der Waals surface area (Å²) in [6.45, 7) is 2.90. The summed E-state index contributed by atoms with van der Waals surface area (Å²) in [6.07, 6.45) is 2.68. The number of hydrogen-bond donors (Lipinski definition) is 2. The van der Waals surface area contributed by atoms with E-state index in [1.54, 1.807) is 11.9 Å². The van der Waals surface area contributed by atoms with Gasteiger partial charge in [-0.25, -0.2) is 4.79 Å². The number of carboxylic acid groups (broad SMARTS) is 1. The molecule has 0 saturated heterocycles. The second-order valence-corrected chi connectivity index (χ2v) is 2.26. The molecule has 0 aliphatic heterocycles. The van der Waals surface area contributed by atoms with Gasteiger partial charge < -0.3 is 5.11 Å². The molecule has 0 atom stereocenters. The molecule has 1 aromatic rings. The highest BCUT2D eigenvalue weighted by Gasteiger charge is 1.85. The van der Waals surface area contributed by atoms with E-state index in [9.17, 15) is 4.79 Å². The third-order valence-electron chi connectivity index (χ3n) is 1.22. The lowest BCUT2D eigenvalue weighted by Crippen LogP contribution is -1.85. The average molecular weight is 189 g/mol. The fourth-order valence-corrected chi connectivity index (χ4v) is 0.732. The van der Waals surface area contributed by atoms with E-state index in [0.717, 1.165) is 11.6 Å². The second-order valence-electron chi connectivity index (χ2n) is 2.26. The van der Waals surface area contributed by atoms with Gasteiger partial charge in [-0.2, -0.15) is 0 Å². The molecule has 0 spiro atoms. The number of hydrogen-bond acceptors (Lipinski definition) is 2. The molecule has 3 nitrogen and oxygen atoms in total. The normalized spacial score (nSPS) is 8.57. The van der Waals surface area contributed by atoms with Crippen molar-refractivity contribution in [3.8, 4) is 0 Å². The fourth-order valence-electron chi connectivity index (χ4n) is 0.732. The van der Waals surface area contributed by atoms with Crippen LogP contribution in [0.25, 0.3) is 6.08 Å². The molecule has 14 heavy (non-hydrogen) atoms. The van der Waals surface area contributed by atoms with E-state index in [1.807, 2.05) is 30.3 Å². The van der Waals surface area contributed by atoms with E-state index < -0.39 is 5.97 Å². The lowest BCUT2D eigenvalue weighted by atomic mass is 10.2. The minimum atomic E-state index is -0.922. The molecule has 0 aromatic heterocycles. The Hall–Kier alpha value is -2.12. The summed E-state index contributed by atoms with van der Waals surface area (Å²) in [4.78, 5) is 10.1. The molecular weight excluding hydrogens is 178 g/mol. The van der Waals surface area contributed by atoms with Gasteiger partial charge in [-0.1, -0.05) is 30.3 Å². The number of aliphatic carboxylic acids is 1. The summed E-state index contributed by atoms with van der Waals surface area (Å²) in [5.74, 6) is 0.828. The Bertz CT molecular complexity index is 336. The van der Waals surface area contributed by atoms with Crippen LogP contribution in [-0.2, 0) is 4.79 Å². The highest BCUT2D eigenvalue weighted by molar-refractivity contribution is 5.85. The Labute approximate surface area is 82.5 Å². The van der Waals surface area contributed by atoms with Gasteiger partial charge in [-0.05, 0) is 24.1 Å². The molecule has 0 saturated carbocycles. The highest BCUT2D eigenvalue weighted by atomic mass is 16.4. The van der Waals surface area contributed by atoms with Crippen LogP contribution in [0.2, 0.25) is 0 Å². The number of benzene rings is 1. The van der Waals surface area contributed by atoms with Crippen molar-refractivity contribution in [2.75, 3.05) is 0 Å². The summed E-state index contributed by atoms with van der Waals surface area (Å²) in [5, 5.41) is 14.1. The van der Waals surface area contributed by atoms with Crippen molar-refractivity contribution in [3.63, 3.8) is 0 Å². The minimum Gasteiger partial charge on any atom is -0.478 e. The van der Waals surface area contributed by atoms with E-state index in [-0.39, 0.29) is 0 Å². The number of carbonyl (C=O) groups is 1. The van der Waals surface area contributed by atoms with Crippen molar-refractivity contribution in [2.45, 2.75) is 0 Å². The molecule has 1 aromatic carbocycles. The summed E-state index contributed by atoms with van der Waals surface area (Å²) >= 11 is 0. The molecule has 72 valence electrons. The van der Waals surface area contributed by atoms with Crippen LogP contribution in [-0.4, -0.2) is 16.9 Å². The SMILES string of the molecule is C=C=N.O=C(O)C=Cc1ccccc1. The predicted molar refractivity (Wildman–Crippen MR) is 56.5 cm³/mol. The van der Waals surface area contributed by atoms with Gasteiger partial charge in [0.25, 0.3) is 0 Å². The van der Waals surface area contributed by atoms with E-state index in [4.69, 9.17) is 10.5 Å². The minimum absolute atomic E-state index is 0.898. The Morgan fingerprint density at radius 2 is 1.93 bits per heavy atom. The number of nitrogens with one attached hydrogen (secondary N) is 1. The topological polar surface area (TPSA) is 61.2 Å². The predicted octanol–water partition coefficient (Wildman–Crippen LogP) is 2.21. The van der Waals surface area contributed by atoms with Gasteiger partial charge in [0.1, 0.15) is 0 Å². The molecule has 0 fully saturated rings. The van der Waals surface area contributed by atoms with Crippen LogP contribution < -0.4 is 0 Å². The second kappa shape index (κ2) is 7.53. The van der Waals surface area contributed by atoms with Crippen molar-refractivity contribution in [3.05, 3.63) is 48.6 Å². The van der Waals surface area contributed by atoms with Gasteiger partial charge in [-0.15, -0.1) is 0 Å². The molecule has 0 heterocycles. The third-order valence-corrected chi connectivity index (χ3v) is 1.22. The first-order valence-corrected chi connectivity index (χ1v) is 3.85. The lowest BCUT2D eigenvalue weighted by Gasteiger charge is -1.87. The van der Waals surface area contributed by atoms with E-state index in [1.165, 1.54) is 0 Å². The molecule has 1 rings (SSSR count). The number of rotatable bonds is 2. The molecule has 0 aliphatic carbocycles. The van der Waals surface area contributed by atoms with Gasteiger partial charge in [0.05, 0.1) is 0 Å². The van der Waals surface area contributed by atoms with Crippen LogP contribution in [0, 0.1) is 5.41 Å². The first-order valence-electron chi connectivity index (χ1n) is 3.85. The first kappa shape index (κ1) is 11.9. The summed E-state index contributed by atoms with van der Waals surface area (Å²) in [7, 11) is 0. The smallest absolute Gasteiger partial charge is 0.328 e. The van der Waals surface area contributed by atoms with Crippen LogP contribution in [0.3, 0.4) is 0 Å². The molecule has 0 radical (unpaired) electrons. The molecule has 0 bridgehead atoms. The maximum Gasteiger partial charge on any atom is 0.328 e. The molecular formula is C11H11NO2. The average Bonchev–Trinajstić information content (AvgIpc) is 2.18. The van der Waals surface area contributed by atoms with E-state index >= 15 is 0 Å². The molecule has 0 aliphatic rings. The quantitative estimate of drug-likeness (QED) is 0.553. The van der Waals surface area contributed by atoms with Crippen molar-refractivity contribution in [1.82, 2.24) is 0 Å². The number of carboxylic acids is 1. The summed E-state index contributed by atoms with van der Waals surface area (Å²) in [5.41, 5.74) is 0.898. The van der Waals surface area contributed by atoms with E-state index in [0.29, 0.717) is 0 Å². The largest absolute Gasteiger partial charge is 0.478 e. The van der Waals surface area contributed by atoms with Crippen LogP contribution >= 0.6 is 0 Å². The molecule has 0 unspecified atom stereocenters. The Morgan fingerprint density at radius 1 is 1.43 bits per heavy atom. The lowest BCUT2D eigenvalue weighted by molar-refractivity contribution is -0.131. The zero-order valence-corrected chi connectivity index (χ0v) is 7.60. The van der Waals surface area contributed by atoms with E-state index in [2.05, 4.69) is 6.58 Å². The maximum atomic E-state index is 10.1. The van der Waals surface area contributed by atoms with Crippen LogP contribution in [0.15, 0.2) is 43.0 Å². The van der Waals surface area contributed by atoms with Gasteiger partial charge in [0.2, 0.25) is 0 Å². The molecule has 3 heteroatoms. The molecule has 2 N–H and O–H groups in total. The fraction of sp³-hybridized carbons (Fsp3) is 0. The standard InChI is InChI=1S/C9H8O2.C2H3N/c10-9(11)7-6-8-4-2-1-3-5-8;1-2-3/h1-7H,(H,10,11);3H,1H2. The Balaban J connectivity index is 0.000000500. The van der Waals surface area contributed by atoms with Gasteiger partial charge in [0, 0.05) is 6.08 Å². The van der Waals surface area contributed by atoms with Crippen molar-refractivity contribution < 1.29 is 9.90 Å². The Kier molecular flexibility index (Phi) is 6.39. The first-order chi connectivity index (χ1) is 6.70. The van der Waals surface area contributed by atoms with Crippen molar-refractivity contribution in [1.29, 1.82) is 5.41 Å². The molecule has 0 amide bonds.